The van der Waals surface area contributed by atoms with Crippen LogP contribution in [0.1, 0.15) is 32.8 Å². The molecule has 0 spiro atoms. The van der Waals surface area contributed by atoms with Crippen LogP contribution < -0.4 is 10.0 Å². The number of hydrogen-bond acceptors (Lipinski definition) is 5. The van der Waals surface area contributed by atoms with Crippen LogP contribution in [0.15, 0.2) is 48.5 Å². The van der Waals surface area contributed by atoms with Crippen LogP contribution in [0.25, 0.3) is 11.1 Å². The molecule has 0 aliphatic carbocycles. The van der Waals surface area contributed by atoms with Gasteiger partial charge in [-0.1, -0.05) is 48.0 Å². The van der Waals surface area contributed by atoms with Gasteiger partial charge in [0, 0.05) is 17.5 Å². The fraction of sp³-hybridized carbons (Fsp3) is 0.364. The molecular weight excluding hydrogens is 440 g/mol. The fourth-order valence-corrected chi connectivity index (χ4v) is 3.59. The number of alkyl carbamates (subject to hydrolysis) is 1. The van der Waals surface area contributed by atoms with Crippen molar-refractivity contribution < 1.29 is 22.7 Å². The Morgan fingerprint density at radius 3 is 2.26 bits per heavy atom. The van der Waals surface area contributed by atoms with Crippen molar-refractivity contribution in [1.29, 1.82) is 0 Å². The Morgan fingerprint density at radius 2 is 1.71 bits per heavy atom. The highest BCUT2D eigenvalue weighted by Gasteiger charge is 2.22. The van der Waals surface area contributed by atoms with Crippen molar-refractivity contribution in [3.8, 4) is 11.1 Å². The predicted molar refractivity (Wildman–Crippen MR) is 121 cm³/mol. The molecular formula is C22H27ClN2O5S. The number of hydrogen-bond donors (Lipinski definition) is 2. The molecule has 2 rings (SSSR count). The monoisotopic (exact) mass is 466 g/mol. The zero-order valence-electron chi connectivity index (χ0n) is 17.9. The van der Waals surface area contributed by atoms with Crippen molar-refractivity contribution in [1.82, 2.24) is 10.0 Å². The third-order valence-electron chi connectivity index (χ3n) is 4.05. The molecule has 0 aromatic heterocycles. The second kappa shape index (κ2) is 10.2. The number of amides is 2. The first kappa shape index (κ1) is 24.7. The smallest absolute Gasteiger partial charge is 0.407 e. The van der Waals surface area contributed by atoms with E-state index in [-0.39, 0.29) is 6.42 Å². The number of carbonyl (C=O) groups excluding carboxylic acids is 2. The summed E-state index contributed by atoms with van der Waals surface area (Å²) in [6, 6.07) is 14.4. The number of carbonyl (C=O) groups is 2. The van der Waals surface area contributed by atoms with Crippen LogP contribution in [0.5, 0.6) is 0 Å². The van der Waals surface area contributed by atoms with Crippen molar-refractivity contribution in [2.24, 2.45) is 0 Å². The summed E-state index contributed by atoms with van der Waals surface area (Å²) in [5.74, 6) is -0.709. The van der Waals surface area contributed by atoms with Gasteiger partial charge in [0.1, 0.15) is 5.60 Å². The van der Waals surface area contributed by atoms with E-state index in [0.717, 1.165) is 22.9 Å². The lowest BCUT2D eigenvalue weighted by atomic mass is 9.99. The standard InChI is InChI=1S/C22H27ClN2O5S/c1-22(2,3)30-21(27)24-19(14-20(26)25-31(4,28)29)12-15-8-10-16(11-9-15)17-6-5-7-18(23)13-17/h5-11,13,19H,12,14H2,1-4H3,(H,24,27)(H,25,26). The molecule has 0 bridgehead atoms. The Balaban J connectivity index is 2.15. The van der Waals surface area contributed by atoms with Crippen LogP contribution in [-0.2, 0) is 26.0 Å². The highest BCUT2D eigenvalue weighted by molar-refractivity contribution is 7.89. The molecule has 0 aliphatic heterocycles. The van der Waals surface area contributed by atoms with Crippen LogP contribution >= 0.6 is 11.6 Å². The summed E-state index contributed by atoms with van der Waals surface area (Å²) in [7, 11) is -3.69. The van der Waals surface area contributed by atoms with E-state index in [4.69, 9.17) is 16.3 Å². The SMILES string of the molecule is CC(C)(C)OC(=O)NC(CC(=O)NS(C)(=O)=O)Cc1ccc(-c2cccc(Cl)c2)cc1. The average Bonchev–Trinajstić information content (AvgIpc) is 2.58. The normalized spacial score (nSPS) is 12.7. The zero-order valence-corrected chi connectivity index (χ0v) is 19.5. The van der Waals surface area contributed by atoms with Crippen LogP contribution in [-0.4, -0.2) is 38.3 Å². The first-order valence-corrected chi connectivity index (χ1v) is 11.9. The van der Waals surface area contributed by atoms with E-state index in [0.29, 0.717) is 11.4 Å². The Bertz CT molecular complexity index is 1030. The maximum atomic E-state index is 12.2. The molecule has 0 fully saturated rings. The summed E-state index contributed by atoms with van der Waals surface area (Å²) < 4.78 is 29.9. The van der Waals surface area contributed by atoms with Crippen molar-refractivity contribution in [3.05, 3.63) is 59.1 Å². The quantitative estimate of drug-likeness (QED) is 0.644. The summed E-state index contributed by atoms with van der Waals surface area (Å²) in [6.07, 6.45) is 0.310. The van der Waals surface area contributed by atoms with Crippen molar-refractivity contribution in [2.45, 2.75) is 45.3 Å². The molecule has 2 aromatic rings. The zero-order chi connectivity index (χ0) is 23.2. The minimum atomic E-state index is -3.69. The Morgan fingerprint density at radius 1 is 1.06 bits per heavy atom. The van der Waals surface area contributed by atoms with Gasteiger partial charge in [-0.05, 0) is 56.0 Å². The molecule has 0 heterocycles. The summed E-state index contributed by atoms with van der Waals surface area (Å²) in [6.45, 7) is 5.19. The van der Waals surface area contributed by atoms with Crippen LogP contribution in [0.4, 0.5) is 4.79 Å². The fourth-order valence-electron chi connectivity index (χ4n) is 2.91. The number of rotatable bonds is 7. The molecule has 31 heavy (non-hydrogen) atoms. The lowest BCUT2D eigenvalue weighted by molar-refractivity contribution is -0.119. The van der Waals surface area contributed by atoms with E-state index in [9.17, 15) is 18.0 Å². The van der Waals surface area contributed by atoms with Crippen molar-refractivity contribution in [2.75, 3.05) is 6.26 Å². The second-order valence-corrected chi connectivity index (χ2v) is 10.4. The minimum absolute atomic E-state index is 0.220. The molecule has 0 saturated carbocycles. The van der Waals surface area contributed by atoms with Gasteiger partial charge in [0.15, 0.2) is 0 Å². The van der Waals surface area contributed by atoms with Gasteiger partial charge in [-0.3, -0.25) is 9.52 Å². The van der Waals surface area contributed by atoms with Gasteiger partial charge in [0.05, 0.1) is 6.26 Å². The van der Waals surface area contributed by atoms with Gasteiger partial charge in [0.2, 0.25) is 15.9 Å². The number of halogens is 1. The third-order valence-corrected chi connectivity index (χ3v) is 4.88. The number of benzene rings is 2. The van der Waals surface area contributed by atoms with E-state index in [1.807, 2.05) is 47.2 Å². The van der Waals surface area contributed by atoms with Gasteiger partial charge in [-0.15, -0.1) is 0 Å². The third kappa shape index (κ3) is 9.40. The van der Waals surface area contributed by atoms with Gasteiger partial charge >= 0.3 is 6.09 Å². The molecule has 1 atom stereocenters. The van der Waals surface area contributed by atoms with E-state index >= 15 is 0 Å². The number of sulfonamides is 1. The largest absolute Gasteiger partial charge is 0.444 e. The van der Waals surface area contributed by atoms with Crippen molar-refractivity contribution >= 4 is 33.6 Å². The Kier molecular flexibility index (Phi) is 8.08. The van der Waals surface area contributed by atoms with E-state index in [1.165, 1.54) is 0 Å². The molecule has 2 N–H and O–H groups in total. The molecule has 9 heteroatoms. The lowest BCUT2D eigenvalue weighted by Crippen LogP contribution is -2.43. The molecule has 0 radical (unpaired) electrons. The van der Waals surface area contributed by atoms with E-state index in [1.54, 1.807) is 26.8 Å². The highest BCUT2D eigenvalue weighted by Crippen LogP contribution is 2.23. The molecule has 2 aromatic carbocycles. The highest BCUT2D eigenvalue weighted by atomic mass is 35.5. The van der Waals surface area contributed by atoms with Crippen LogP contribution in [0, 0.1) is 0 Å². The maximum Gasteiger partial charge on any atom is 0.407 e. The first-order chi connectivity index (χ1) is 14.3. The summed E-state index contributed by atoms with van der Waals surface area (Å²) in [5.41, 5.74) is 2.09. The van der Waals surface area contributed by atoms with Gasteiger partial charge in [-0.2, -0.15) is 0 Å². The molecule has 0 aliphatic rings. The van der Waals surface area contributed by atoms with E-state index in [2.05, 4.69) is 5.32 Å². The summed E-state index contributed by atoms with van der Waals surface area (Å²) >= 11 is 6.05. The minimum Gasteiger partial charge on any atom is -0.444 e. The molecule has 168 valence electrons. The lowest BCUT2D eigenvalue weighted by Gasteiger charge is -2.23. The summed E-state index contributed by atoms with van der Waals surface area (Å²) in [4.78, 5) is 24.3. The predicted octanol–water partition coefficient (Wildman–Crippen LogP) is 3.91. The maximum absolute atomic E-state index is 12.2. The van der Waals surface area contributed by atoms with Crippen molar-refractivity contribution in [3.63, 3.8) is 0 Å². The molecule has 1 unspecified atom stereocenters. The Labute approximate surface area is 188 Å². The summed E-state index contributed by atoms with van der Waals surface area (Å²) in [5, 5.41) is 3.30. The molecule has 0 saturated heterocycles. The Hall–Kier alpha value is -2.58. The van der Waals surface area contributed by atoms with Gasteiger partial charge in [-0.25, -0.2) is 13.2 Å². The van der Waals surface area contributed by atoms with E-state index < -0.39 is 33.7 Å². The molecule has 2 amide bonds. The van der Waals surface area contributed by atoms with Gasteiger partial charge < -0.3 is 10.1 Å². The number of ether oxygens (including phenoxy) is 1. The van der Waals surface area contributed by atoms with Gasteiger partial charge in [0.25, 0.3) is 0 Å². The first-order valence-electron chi connectivity index (χ1n) is 9.66. The average molecular weight is 467 g/mol. The van der Waals surface area contributed by atoms with Crippen LogP contribution in [0.2, 0.25) is 5.02 Å². The van der Waals surface area contributed by atoms with Crippen LogP contribution in [0.3, 0.4) is 0 Å². The topological polar surface area (TPSA) is 102 Å². The second-order valence-electron chi connectivity index (χ2n) is 8.26. The number of nitrogens with one attached hydrogen (secondary N) is 2. The molecule has 7 nitrogen and oxygen atoms in total.